The molecule has 168 valence electrons. The summed E-state index contributed by atoms with van der Waals surface area (Å²) >= 11 is 0. The highest BCUT2D eigenvalue weighted by molar-refractivity contribution is 6.36. The van der Waals surface area contributed by atoms with Crippen LogP contribution < -0.4 is 5.32 Å². The first-order chi connectivity index (χ1) is 15.8. The smallest absolute Gasteiger partial charge is 0.256 e. The van der Waals surface area contributed by atoms with Gasteiger partial charge in [0.25, 0.3) is 11.8 Å². The summed E-state index contributed by atoms with van der Waals surface area (Å²) in [5, 5.41) is 12.7. The summed E-state index contributed by atoms with van der Waals surface area (Å²) in [5.41, 5.74) is 5.93. The van der Waals surface area contributed by atoms with Crippen molar-refractivity contribution in [1.82, 2.24) is 9.88 Å². The number of hydrogen-bond donors (Lipinski definition) is 3. The van der Waals surface area contributed by atoms with Gasteiger partial charge in [0.05, 0.1) is 17.2 Å². The monoisotopic (exact) mass is 445 g/mol. The Kier molecular flexibility index (Phi) is 5.13. The maximum atomic E-state index is 13.9. The van der Waals surface area contributed by atoms with Crippen LogP contribution in [-0.4, -0.2) is 46.0 Å². The SMILES string of the molecule is Cc1[nH]c(C=C2C(=O)Nc3cccc(-c4cccc(F)c4)c32)c(C)c1C(=O)N1CC[C@H](O)C1. The number of H-pyrrole nitrogens is 1. The number of aromatic amines is 1. The number of aryl methyl sites for hydroxylation is 1. The van der Waals surface area contributed by atoms with Crippen LogP contribution >= 0.6 is 0 Å². The van der Waals surface area contributed by atoms with Crippen molar-refractivity contribution in [3.05, 3.63) is 76.4 Å². The predicted molar refractivity (Wildman–Crippen MR) is 125 cm³/mol. The molecule has 0 spiro atoms. The number of nitrogens with one attached hydrogen (secondary N) is 2. The number of anilines is 1. The first-order valence-corrected chi connectivity index (χ1v) is 10.9. The quantitative estimate of drug-likeness (QED) is 0.530. The molecule has 7 heteroatoms. The Bertz CT molecular complexity index is 1320. The summed E-state index contributed by atoms with van der Waals surface area (Å²) < 4.78 is 13.9. The number of aromatic nitrogens is 1. The number of likely N-dealkylation sites (tertiary alicyclic amines) is 1. The molecule has 0 saturated carbocycles. The number of hydrogen-bond acceptors (Lipinski definition) is 3. The van der Waals surface area contributed by atoms with Crippen LogP contribution in [0.25, 0.3) is 22.8 Å². The summed E-state index contributed by atoms with van der Waals surface area (Å²) in [4.78, 5) is 30.9. The highest BCUT2D eigenvalue weighted by atomic mass is 19.1. The number of aliphatic hydroxyl groups is 1. The number of benzene rings is 2. The summed E-state index contributed by atoms with van der Waals surface area (Å²) in [7, 11) is 0. The van der Waals surface area contributed by atoms with Crippen molar-refractivity contribution in [2.24, 2.45) is 0 Å². The Labute approximate surface area is 190 Å². The summed E-state index contributed by atoms with van der Waals surface area (Å²) in [6.45, 7) is 4.52. The van der Waals surface area contributed by atoms with Crippen molar-refractivity contribution >= 4 is 29.2 Å². The first kappa shape index (κ1) is 21.2. The van der Waals surface area contributed by atoms with E-state index in [0.29, 0.717) is 58.8 Å². The molecule has 3 heterocycles. The molecular formula is C26H24FN3O3. The molecule has 6 nitrogen and oxygen atoms in total. The molecule has 2 aliphatic rings. The van der Waals surface area contributed by atoms with E-state index in [0.717, 1.165) is 11.1 Å². The zero-order valence-electron chi connectivity index (χ0n) is 18.4. The molecule has 2 aliphatic heterocycles. The average molecular weight is 445 g/mol. The summed E-state index contributed by atoms with van der Waals surface area (Å²) in [5.74, 6) is -0.728. The number of carbonyl (C=O) groups is 2. The van der Waals surface area contributed by atoms with E-state index >= 15 is 0 Å². The van der Waals surface area contributed by atoms with Crippen molar-refractivity contribution in [3.63, 3.8) is 0 Å². The molecule has 5 rings (SSSR count). The van der Waals surface area contributed by atoms with Crippen LogP contribution in [0.4, 0.5) is 10.1 Å². The highest BCUT2D eigenvalue weighted by Gasteiger charge is 2.31. The highest BCUT2D eigenvalue weighted by Crippen LogP contribution is 2.41. The van der Waals surface area contributed by atoms with Gasteiger partial charge in [0.2, 0.25) is 0 Å². The van der Waals surface area contributed by atoms with E-state index in [1.807, 2.05) is 38.1 Å². The van der Waals surface area contributed by atoms with Gasteiger partial charge in [-0.05, 0) is 61.2 Å². The van der Waals surface area contributed by atoms with E-state index < -0.39 is 6.10 Å². The van der Waals surface area contributed by atoms with Gasteiger partial charge in [-0.25, -0.2) is 4.39 Å². The van der Waals surface area contributed by atoms with E-state index in [9.17, 15) is 19.1 Å². The lowest BCUT2D eigenvalue weighted by Gasteiger charge is -2.16. The molecule has 0 unspecified atom stereocenters. The van der Waals surface area contributed by atoms with Crippen molar-refractivity contribution in [2.45, 2.75) is 26.4 Å². The molecular weight excluding hydrogens is 421 g/mol. The second-order valence-corrected chi connectivity index (χ2v) is 8.61. The molecule has 3 aromatic rings. The molecule has 0 bridgehead atoms. The Hall–Kier alpha value is -3.71. The molecule has 1 atom stereocenters. The predicted octanol–water partition coefficient (Wildman–Crippen LogP) is 4.14. The molecule has 0 radical (unpaired) electrons. The second kappa shape index (κ2) is 8.01. The number of rotatable bonds is 3. The minimum absolute atomic E-state index is 0.126. The fraction of sp³-hybridized carbons (Fsp3) is 0.231. The topological polar surface area (TPSA) is 85.4 Å². The molecule has 1 saturated heterocycles. The van der Waals surface area contributed by atoms with Gasteiger partial charge in [-0.15, -0.1) is 0 Å². The lowest BCUT2D eigenvalue weighted by atomic mass is 9.94. The number of halogens is 1. The molecule has 1 aromatic heterocycles. The van der Waals surface area contributed by atoms with Crippen LogP contribution in [0, 0.1) is 19.7 Å². The third-order valence-corrected chi connectivity index (χ3v) is 6.39. The fourth-order valence-electron chi connectivity index (χ4n) is 4.75. The van der Waals surface area contributed by atoms with Crippen molar-refractivity contribution in [2.75, 3.05) is 18.4 Å². The van der Waals surface area contributed by atoms with E-state index in [2.05, 4.69) is 10.3 Å². The minimum atomic E-state index is -0.491. The van der Waals surface area contributed by atoms with Gasteiger partial charge in [-0.1, -0.05) is 24.3 Å². The van der Waals surface area contributed by atoms with Crippen LogP contribution in [0.3, 0.4) is 0 Å². The number of carbonyl (C=O) groups excluding carboxylic acids is 2. The largest absolute Gasteiger partial charge is 0.391 e. The molecule has 3 N–H and O–H groups in total. The van der Waals surface area contributed by atoms with E-state index in [1.54, 1.807) is 17.0 Å². The minimum Gasteiger partial charge on any atom is -0.391 e. The molecule has 1 fully saturated rings. The van der Waals surface area contributed by atoms with Gasteiger partial charge in [-0.2, -0.15) is 0 Å². The van der Waals surface area contributed by atoms with Crippen molar-refractivity contribution in [3.8, 4) is 11.1 Å². The number of nitrogens with zero attached hydrogens (tertiary/aromatic N) is 1. The molecule has 2 aromatic carbocycles. The number of amides is 2. The van der Waals surface area contributed by atoms with Crippen LogP contribution in [0.5, 0.6) is 0 Å². The van der Waals surface area contributed by atoms with Crippen molar-refractivity contribution < 1.29 is 19.1 Å². The van der Waals surface area contributed by atoms with Crippen LogP contribution in [0.15, 0.2) is 42.5 Å². The third kappa shape index (κ3) is 3.64. The number of β-amino-alcohol motifs (C(OH)–C–C–N with tert-alkyl or cyclic N) is 1. The van der Waals surface area contributed by atoms with Crippen LogP contribution in [0.2, 0.25) is 0 Å². The summed E-state index contributed by atoms with van der Waals surface area (Å²) in [6, 6.07) is 11.8. The van der Waals surface area contributed by atoms with Gasteiger partial charge in [0.1, 0.15) is 5.82 Å². The maximum absolute atomic E-state index is 13.9. The lowest BCUT2D eigenvalue weighted by molar-refractivity contribution is -0.110. The zero-order valence-corrected chi connectivity index (χ0v) is 18.4. The normalized spacial score (nSPS) is 18.7. The Morgan fingerprint density at radius 1 is 1.21 bits per heavy atom. The van der Waals surface area contributed by atoms with Gasteiger partial charge < -0.3 is 20.3 Å². The number of aliphatic hydroxyl groups excluding tert-OH is 1. The van der Waals surface area contributed by atoms with E-state index in [-0.39, 0.29) is 17.6 Å². The number of fused-ring (bicyclic) bond motifs is 1. The Balaban J connectivity index is 1.59. The second-order valence-electron chi connectivity index (χ2n) is 8.61. The lowest BCUT2D eigenvalue weighted by Crippen LogP contribution is -2.30. The summed E-state index contributed by atoms with van der Waals surface area (Å²) in [6.07, 6.45) is 1.84. The average Bonchev–Trinajstić information content (AvgIpc) is 3.43. The van der Waals surface area contributed by atoms with Crippen LogP contribution in [0.1, 0.15) is 39.3 Å². The fourth-order valence-corrected chi connectivity index (χ4v) is 4.75. The molecule has 33 heavy (non-hydrogen) atoms. The molecule has 2 amide bonds. The van der Waals surface area contributed by atoms with Gasteiger partial charge in [0, 0.05) is 35.7 Å². The van der Waals surface area contributed by atoms with Crippen LogP contribution in [-0.2, 0) is 4.79 Å². The van der Waals surface area contributed by atoms with Gasteiger partial charge >= 0.3 is 0 Å². The zero-order chi connectivity index (χ0) is 23.3. The maximum Gasteiger partial charge on any atom is 0.256 e. The van der Waals surface area contributed by atoms with Crippen molar-refractivity contribution in [1.29, 1.82) is 0 Å². The Morgan fingerprint density at radius 2 is 2.00 bits per heavy atom. The standard InChI is InChI=1S/C26H24FN3O3/c1-14-22(28-15(2)23(14)26(33)30-10-9-18(31)13-30)12-20-24-19(16-5-3-6-17(27)11-16)7-4-8-21(24)29-25(20)32/h3-8,11-12,18,28,31H,9-10,13H2,1-2H3,(H,29,32)/t18-/m0/s1. The Morgan fingerprint density at radius 3 is 2.73 bits per heavy atom. The van der Waals surface area contributed by atoms with E-state index in [1.165, 1.54) is 12.1 Å². The van der Waals surface area contributed by atoms with E-state index in [4.69, 9.17) is 0 Å². The van der Waals surface area contributed by atoms with Gasteiger partial charge in [-0.3, -0.25) is 9.59 Å². The first-order valence-electron chi connectivity index (χ1n) is 10.9. The third-order valence-electron chi connectivity index (χ3n) is 6.39. The van der Waals surface area contributed by atoms with Gasteiger partial charge in [0.15, 0.2) is 0 Å². The molecule has 0 aliphatic carbocycles.